The molecule has 7 heteroatoms. The second kappa shape index (κ2) is 13.3. The quantitative estimate of drug-likeness (QED) is 0.154. The lowest BCUT2D eigenvalue weighted by molar-refractivity contribution is -0.137. The van der Waals surface area contributed by atoms with E-state index in [0.29, 0.717) is 22.1 Å². The van der Waals surface area contributed by atoms with Gasteiger partial charge in [-0.05, 0) is 102 Å². The minimum Gasteiger partial charge on any atom is -0.309 e. The van der Waals surface area contributed by atoms with Crippen LogP contribution in [0.5, 0.6) is 0 Å². The summed E-state index contributed by atoms with van der Waals surface area (Å²) in [4.78, 5) is 0. The van der Waals surface area contributed by atoms with Crippen LogP contribution in [-0.2, 0) is 6.18 Å². The zero-order chi connectivity index (χ0) is 39.9. The van der Waals surface area contributed by atoms with Crippen molar-refractivity contribution in [3.63, 3.8) is 0 Å². The first-order chi connectivity index (χ1) is 28.0. The fourth-order valence-electron chi connectivity index (χ4n) is 8.65. The van der Waals surface area contributed by atoms with Crippen LogP contribution in [0.4, 0.5) is 22.0 Å². The number of alkyl halides is 3. The first kappa shape index (κ1) is 35.4. The van der Waals surface area contributed by atoms with Crippen LogP contribution in [0.25, 0.3) is 88.4 Å². The standard InChI is InChI=1S/C51H33F5N2/c1-30-10-7-12-32(24-30)34-20-22-45-39(26-34)37-14-3-5-18-43(37)57(45)47-28-36(49-41(52)16-9-17-42(49)53)29-48(50(47)51(54,55)56)58-44-19-6-4-15-38(44)40-27-35(21-23-46(40)58)33-13-8-11-31(2)25-33/h3-29H,1-2H3. The molecule has 10 aromatic rings. The van der Waals surface area contributed by atoms with Crippen LogP contribution in [0.2, 0.25) is 0 Å². The van der Waals surface area contributed by atoms with E-state index in [4.69, 9.17) is 0 Å². The highest BCUT2D eigenvalue weighted by atomic mass is 19.4. The lowest BCUT2D eigenvalue weighted by Crippen LogP contribution is -2.16. The van der Waals surface area contributed by atoms with Crippen LogP contribution in [0.15, 0.2) is 164 Å². The Bertz CT molecular complexity index is 3070. The molecule has 282 valence electrons. The molecular formula is C51H33F5N2. The number of hydrogen-bond acceptors (Lipinski definition) is 0. The third kappa shape index (κ3) is 5.68. The van der Waals surface area contributed by atoms with Crippen LogP contribution in [-0.4, -0.2) is 9.13 Å². The van der Waals surface area contributed by atoms with Crippen molar-refractivity contribution in [3.8, 4) is 44.8 Å². The number of nitrogens with zero attached hydrogens (tertiary/aromatic N) is 2. The third-order valence-electron chi connectivity index (χ3n) is 11.2. The molecule has 0 aliphatic carbocycles. The van der Waals surface area contributed by atoms with E-state index < -0.39 is 28.9 Å². The molecule has 2 aromatic heterocycles. The molecule has 0 radical (unpaired) electrons. The van der Waals surface area contributed by atoms with Crippen LogP contribution < -0.4 is 0 Å². The highest BCUT2D eigenvalue weighted by molar-refractivity contribution is 6.12. The van der Waals surface area contributed by atoms with Crippen molar-refractivity contribution >= 4 is 43.6 Å². The number of para-hydroxylation sites is 2. The van der Waals surface area contributed by atoms with Crippen LogP contribution in [0.3, 0.4) is 0 Å². The number of benzene rings is 8. The topological polar surface area (TPSA) is 9.86 Å². The van der Waals surface area contributed by atoms with Gasteiger partial charge in [0.25, 0.3) is 0 Å². The Labute approximate surface area is 330 Å². The van der Waals surface area contributed by atoms with Gasteiger partial charge in [0.2, 0.25) is 0 Å². The summed E-state index contributed by atoms with van der Waals surface area (Å²) in [5, 5.41) is 2.97. The summed E-state index contributed by atoms with van der Waals surface area (Å²) in [5.74, 6) is -1.77. The Morgan fingerprint density at radius 3 is 1.24 bits per heavy atom. The molecule has 0 fully saturated rings. The van der Waals surface area contributed by atoms with Crippen molar-refractivity contribution in [2.24, 2.45) is 0 Å². The molecular weight excluding hydrogens is 736 g/mol. The van der Waals surface area contributed by atoms with Gasteiger partial charge in [0.1, 0.15) is 17.2 Å². The van der Waals surface area contributed by atoms with E-state index >= 15 is 22.0 Å². The van der Waals surface area contributed by atoms with Gasteiger partial charge in [0.05, 0.1) is 39.0 Å². The van der Waals surface area contributed by atoms with Crippen molar-refractivity contribution < 1.29 is 22.0 Å². The summed E-state index contributed by atoms with van der Waals surface area (Å²) in [7, 11) is 0. The van der Waals surface area contributed by atoms with E-state index in [0.717, 1.165) is 67.1 Å². The van der Waals surface area contributed by atoms with Gasteiger partial charge in [-0.1, -0.05) is 114 Å². The molecule has 0 aliphatic heterocycles. The Morgan fingerprint density at radius 2 is 0.793 bits per heavy atom. The molecule has 0 spiro atoms. The van der Waals surface area contributed by atoms with Crippen molar-refractivity contribution in [3.05, 3.63) is 192 Å². The number of rotatable bonds is 5. The number of hydrogen-bond donors (Lipinski definition) is 0. The Balaban J connectivity index is 1.34. The first-order valence-electron chi connectivity index (χ1n) is 19.0. The maximum Gasteiger partial charge on any atom is 0.420 e. The van der Waals surface area contributed by atoms with Gasteiger partial charge >= 0.3 is 6.18 Å². The van der Waals surface area contributed by atoms with Crippen molar-refractivity contribution in [1.82, 2.24) is 9.13 Å². The van der Waals surface area contributed by atoms with Crippen molar-refractivity contribution in [2.75, 3.05) is 0 Å². The predicted molar refractivity (Wildman–Crippen MR) is 226 cm³/mol. The molecule has 8 aromatic carbocycles. The molecule has 0 N–H and O–H groups in total. The zero-order valence-electron chi connectivity index (χ0n) is 31.4. The Kier molecular flexibility index (Phi) is 8.13. The predicted octanol–water partition coefficient (Wildman–Crippen LogP) is 14.8. The van der Waals surface area contributed by atoms with Crippen molar-refractivity contribution in [1.29, 1.82) is 0 Å². The van der Waals surface area contributed by atoms with E-state index in [1.54, 1.807) is 33.4 Å². The fourth-order valence-corrected chi connectivity index (χ4v) is 8.65. The summed E-state index contributed by atoms with van der Waals surface area (Å²) in [5.41, 5.74) is 6.13. The third-order valence-corrected chi connectivity index (χ3v) is 11.2. The second-order valence-corrected chi connectivity index (χ2v) is 14.9. The average molecular weight is 769 g/mol. The molecule has 2 nitrogen and oxygen atoms in total. The summed E-state index contributed by atoms with van der Waals surface area (Å²) < 4.78 is 83.6. The molecule has 0 unspecified atom stereocenters. The normalized spacial score (nSPS) is 12.1. The number of aromatic nitrogens is 2. The van der Waals surface area contributed by atoms with Gasteiger partial charge < -0.3 is 9.13 Å². The van der Waals surface area contributed by atoms with Gasteiger partial charge in [-0.3, -0.25) is 0 Å². The van der Waals surface area contributed by atoms with E-state index in [2.05, 4.69) is 12.1 Å². The van der Waals surface area contributed by atoms with Gasteiger partial charge in [-0.25, -0.2) is 8.78 Å². The molecule has 0 amide bonds. The number of aryl methyl sites for hydroxylation is 2. The van der Waals surface area contributed by atoms with Crippen molar-refractivity contribution in [2.45, 2.75) is 20.0 Å². The molecule has 58 heavy (non-hydrogen) atoms. The number of halogens is 5. The minimum absolute atomic E-state index is 0.0294. The summed E-state index contributed by atoms with van der Waals surface area (Å²) in [6.07, 6.45) is -4.92. The molecule has 2 heterocycles. The largest absolute Gasteiger partial charge is 0.420 e. The Morgan fingerprint density at radius 1 is 0.379 bits per heavy atom. The van der Waals surface area contributed by atoms with Gasteiger partial charge in [0.15, 0.2) is 0 Å². The molecule has 0 bridgehead atoms. The van der Waals surface area contributed by atoms with Gasteiger partial charge in [-0.2, -0.15) is 13.2 Å². The van der Waals surface area contributed by atoms with Crippen LogP contribution >= 0.6 is 0 Å². The van der Waals surface area contributed by atoms with Crippen LogP contribution in [0, 0.1) is 25.5 Å². The molecule has 10 rings (SSSR count). The first-order valence-corrected chi connectivity index (χ1v) is 19.0. The second-order valence-electron chi connectivity index (χ2n) is 14.9. The van der Waals surface area contributed by atoms with Crippen LogP contribution in [0.1, 0.15) is 16.7 Å². The summed E-state index contributed by atoms with van der Waals surface area (Å²) in [6.45, 7) is 4.02. The monoisotopic (exact) mass is 768 g/mol. The average Bonchev–Trinajstić information content (AvgIpc) is 3.72. The summed E-state index contributed by atoms with van der Waals surface area (Å²) >= 11 is 0. The summed E-state index contributed by atoms with van der Waals surface area (Å²) in [6, 6.07) is 48.2. The van der Waals surface area contributed by atoms with Gasteiger partial charge in [-0.15, -0.1) is 0 Å². The fraction of sp³-hybridized carbons (Fsp3) is 0.0588. The van der Waals surface area contributed by atoms with Gasteiger partial charge in [0, 0.05) is 21.5 Å². The zero-order valence-corrected chi connectivity index (χ0v) is 31.4. The van der Waals surface area contributed by atoms with E-state index in [9.17, 15) is 0 Å². The van der Waals surface area contributed by atoms with E-state index in [-0.39, 0.29) is 16.9 Å². The molecule has 0 aliphatic rings. The molecule has 0 saturated heterocycles. The van der Waals surface area contributed by atoms with E-state index in [1.807, 2.05) is 111 Å². The maximum absolute atomic E-state index is 16.3. The lowest BCUT2D eigenvalue weighted by Gasteiger charge is -2.23. The maximum atomic E-state index is 16.3. The minimum atomic E-state index is -4.92. The Hall–Kier alpha value is -6.99. The SMILES string of the molecule is Cc1cccc(-c2ccc3c(c2)c2ccccc2n3-c2cc(-c3c(F)cccc3F)cc(-n3c4ccccc4c4cc(-c5cccc(C)c5)ccc43)c2C(F)(F)F)c1. The molecule has 0 atom stereocenters. The smallest absolute Gasteiger partial charge is 0.309 e. The lowest BCUT2D eigenvalue weighted by atomic mass is 9.98. The molecule has 0 saturated carbocycles. The highest BCUT2D eigenvalue weighted by Gasteiger charge is 2.40. The highest BCUT2D eigenvalue weighted by Crippen LogP contribution is 2.47. The van der Waals surface area contributed by atoms with E-state index in [1.165, 1.54) is 18.2 Å². The number of fused-ring (bicyclic) bond motifs is 6.